The third kappa shape index (κ3) is 5.11. The summed E-state index contributed by atoms with van der Waals surface area (Å²) in [5.41, 5.74) is 19.2. The van der Waals surface area contributed by atoms with Gasteiger partial charge in [-0.1, -0.05) is 157 Å². The second-order valence-electron chi connectivity index (χ2n) is 18.2. The minimum Gasteiger partial charge on any atom is -0.375 e. The number of aromatic nitrogens is 1. The molecule has 274 valence electrons. The zero-order valence-corrected chi connectivity index (χ0v) is 33.6. The van der Waals surface area contributed by atoms with E-state index in [9.17, 15) is 0 Å². The predicted molar refractivity (Wildman–Crippen MR) is 246 cm³/mol. The van der Waals surface area contributed by atoms with Crippen LogP contribution < -0.4 is 15.8 Å². The first-order valence-electron chi connectivity index (χ1n) is 20.4. The standard InChI is InChI=1S/C54H45BN2/c1-53(2,3)39-24-28-48-43(31-39)45-32-40(54(4,5)6)33-46-44-29-38-19-13-14-20-42(38)52-50(44)55(57(48)51(45)46)47-30-37(35-17-11-8-12-18-35)23-27-49(47)56(52)41-25-21-36(22-26-41)34-15-9-7-10-16-34/h7-33H,1-6H3. The molecule has 2 aliphatic heterocycles. The topological polar surface area (TPSA) is 8.17 Å². The average Bonchev–Trinajstić information content (AvgIpc) is 3.55. The summed E-state index contributed by atoms with van der Waals surface area (Å²) in [5, 5.41) is 5.21. The molecule has 1 aromatic heterocycles. The van der Waals surface area contributed by atoms with Crippen molar-refractivity contribution < 1.29 is 0 Å². The summed E-state index contributed by atoms with van der Waals surface area (Å²) < 4.78 is 2.71. The van der Waals surface area contributed by atoms with Crippen molar-refractivity contribution in [3.8, 4) is 33.4 Å². The van der Waals surface area contributed by atoms with Crippen molar-refractivity contribution in [1.29, 1.82) is 0 Å². The maximum atomic E-state index is 2.71. The van der Waals surface area contributed by atoms with E-state index >= 15 is 0 Å². The van der Waals surface area contributed by atoms with E-state index in [2.05, 4.69) is 215 Å². The average molecular weight is 733 g/mol. The van der Waals surface area contributed by atoms with E-state index in [1.165, 1.54) is 99.4 Å². The van der Waals surface area contributed by atoms with Gasteiger partial charge < -0.3 is 9.38 Å². The normalized spacial score (nSPS) is 13.4. The van der Waals surface area contributed by atoms with E-state index in [1.807, 2.05) is 0 Å². The lowest BCUT2D eigenvalue weighted by atomic mass is 9.44. The molecule has 0 spiro atoms. The maximum absolute atomic E-state index is 2.71. The summed E-state index contributed by atoms with van der Waals surface area (Å²) in [6, 6.07) is 61.8. The van der Waals surface area contributed by atoms with Crippen LogP contribution in [0.2, 0.25) is 0 Å². The van der Waals surface area contributed by atoms with Crippen LogP contribution in [0.5, 0.6) is 0 Å². The number of anilines is 3. The molecular weight excluding hydrogens is 687 g/mol. The molecule has 0 saturated heterocycles. The summed E-state index contributed by atoms with van der Waals surface area (Å²) in [6.45, 7) is 14.0. The second kappa shape index (κ2) is 12.1. The minimum atomic E-state index is -0.0356. The van der Waals surface area contributed by atoms with Crippen LogP contribution in [0, 0.1) is 0 Å². The molecule has 0 radical (unpaired) electrons. The van der Waals surface area contributed by atoms with E-state index in [4.69, 9.17) is 0 Å². The van der Waals surface area contributed by atoms with Crippen LogP contribution in [0.1, 0.15) is 52.7 Å². The van der Waals surface area contributed by atoms with Crippen molar-refractivity contribution >= 4 is 67.4 Å². The molecule has 0 saturated carbocycles. The number of fused-ring (bicyclic) bond motifs is 9. The van der Waals surface area contributed by atoms with Gasteiger partial charge in [-0.2, -0.15) is 0 Å². The monoisotopic (exact) mass is 732 g/mol. The Morgan fingerprint density at radius 2 is 1.07 bits per heavy atom. The third-order valence-electron chi connectivity index (χ3n) is 12.6. The highest BCUT2D eigenvalue weighted by Crippen LogP contribution is 2.49. The van der Waals surface area contributed by atoms with Gasteiger partial charge in [-0.3, -0.25) is 0 Å². The Bertz CT molecular complexity index is 3070. The summed E-state index contributed by atoms with van der Waals surface area (Å²) in [7, 11) is 0. The molecule has 0 atom stereocenters. The molecule has 3 heterocycles. The van der Waals surface area contributed by atoms with Crippen LogP contribution >= 0.6 is 0 Å². The number of benzene rings is 8. The summed E-state index contributed by atoms with van der Waals surface area (Å²) >= 11 is 0. The van der Waals surface area contributed by atoms with Gasteiger partial charge in [0.15, 0.2) is 0 Å². The molecule has 0 unspecified atom stereocenters. The van der Waals surface area contributed by atoms with Crippen LogP contribution in [-0.4, -0.2) is 11.3 Å². The lowest BCUT2D eigenvalue weighted by Gasteiger charge is -2.41. The molecule has 0 N–H and O–H groups in total. The van der Waals surface area contributed by atoms with Gasteiger partial charge in [-0.15, -0.1) is 0 Å². The van der Waals surface area contributed by atoms with Crippen LogP contribution in [0.15, 0.2) is 164 Å². The number of nitrogens with zero attached hydrogens (tertiary/aromatic N) is 2. The van der Waals surface area contributed by atoms with Crippen LogP contribution in [-0.2, 0) is 10.8 Å². The molecular formula is C54H45BN2. The highest BCUT2D eigenvalue weighted by molar-refractivity contribution is 6.90. The van der Waals surface area contributed by atoms with Crippen molar-refractivity contribution in [2.24, 2.45) is 0 Å². The quantitative estimate of drug-likeness (QED) is 0.164. The lowest BCUT2D eigenvalue weighted by molar-refractivity contribution is 0.590. The van der Waals surface area contributed by atoms with Crippen LogP contribution in [0.4, 0.5) is 17.1 Å². The van der Waals surface area contributed by atoms with Crippen LogP contribution in [0.25, 0.3) is 66.0 Å². The zero-order chi connectivity index (χ0) is 38.8. The second-order valence-corrected chi connectivity index (χ2v) is 18.2. The molecule has 2 nitrogen and oxygen atoms in total. The van der Waals surface area contributed by atoms with Crippen molar-refractivity contribution in [2.75, 3.05) is 4.90 Å². The minimum absolute atomic E-state index is 0.0275. The van der Waals surface area contributed by atoms with Gasteiger partial charge in [0, 0.05) is 44.1 Å². The fourth-order valence-electron chi connectivity index (χ4n) is 9.67. The SMILES string of the molecule is CC(C)(C)c1ccc2c(c1)c1cc(C(C)(C)C)cc3c1n2B1c2cc(-c4ccccc4)ccc2N(c2ccc(-c4ccccc4)cc2)c2c1c-3cc1ccccc21. The van der Waals surface area contributed by atoms with Gasteiger partial charge >= 0.3 is 6.85 Å². The van der Waals surface area contributed by atoms with Gasteiger partial charge in [0.1, 0.15) is 0 Å². The van der Waals surface area contributed by atoms with Gasteiger partial charge in [0.2, 0.25) is 0 Å². The predicted octanol–water partition coefficient (Wildman–Crippen LogP) is 13.3. The Balaban J connectivity index is 1.29. The molecule has 57 heavy (non-hydrogen) atoms. The van der Waals surface area contributed by atoms with Crippen molar-refractivity contribution in [2.45, 2.75) is 52.4 Å². The van der Waals surface area contributed by atoms with Crippen molar-refractivity contribution in [1.82, 2.24) is 4.48 Å². The largest absolute Gasteiger partial charge is 0.375 e. The van der Waals surface area contributed by atoms with E-state index in [1.54, 1.807) is 0 Å². The summed E-state index contributed by atoms with van der Waals surface area (Å²) in [4.78, 5) is 2.57. The Labute approximate surface area is 336 Å². The first-order chi connectivity index (χ1) is 27.5. The molecule has 11 rings (SSSR count). The fourth-order valence-corrected chi connectivity index (χ4v) is 9.67. The number of hydrogen-bond acceptors (Lipinski definition) is 1. The highest BCUT2D eigenvalue weighted by Gasteiger charge is 2.44. The van der Waals surface area contributed by atoms with Gasteiger partial charge in [0.25, 0.3) is 0 Å². The van der Waals surface area contributed by atoms with Gasteiger partial charge in [-0.05, 0) is 115 Å². The molecule has 9 aromatic rings. The molecule has 0 aliphatic carbocycles. The zero-order valence-electron chi connectivity index (χ0n) is 33.6. The van der Waals surface area contributed by atoms with E-state index in [-0.39, 0.29) is 17.7 Å². The summed E-state index contributed by atoms with van der Waals surface area (Å²) in [5.74, 6) is 0. The number of hydrogen-bond donors (Lipinski definition) is 0. The van der Waals surface area contributed by atoms with Gasteiger partial charge in [-0.25, -0.2) is 0 Å². The molecule has 0 fully saturated rings. The summed E-state index contributed by atoms with van der Waals surface area (Å²) in [6.07, 6.45) is 0. The smallest absolute Gasteiger partial charge is 0.333 e. The Morgan fingerprint density at radius 3 is 1.77 bits per heavy atom. The van der Waals surface area contributed by atoms with Crippen molar-refractivity contribution in [3.05, 3.63) is 175 Å². The fraction of sp³-hybridized carbons (Fsp3) is 0.148. The third-order valence-corrected chi connectivity index (χ3v) is 12.6. The van der Waals surface area contributed by atoms with E-state index < -0.39 is 0 Å². The molecule has 3 heteroatoms. The molecule has 8 aromatic carbocycles. The van der Waals surface area contributed by atoms with Gasteiger partial charge in [0.05, 0.1) is 5.69 Å². The molecule has 0 bridgehead atoms. The first-order valence-corrected chi connectivity index (χ1v) is 20.4. The van der Waals surface area contributed by atoms with E-state index in [0.717, 1.165) is 5.69 Å². The first kappa shape index (κ1) is 34.0. The lowest BCUT2D eigenvalue weighted by Crippen LogP contribution is -2.56. The maximum Gasteiger partial charge on any atom is 0.333 e. The number of rotatable bonds is 3. The van der Waals surface area contributed by atoms with Crippen molar-refractivity contribution in [3.63, 3.8) is 0 Å². The molecule has 0 amide bonds. The van der Waals surface area contributed by atoms with E-state index in [0.29, 0.717) is 0 Å². The Morgan fingerprint density at radius 1 is 0.456 bits per heavy atom. The highest BCUT2D eigenvalue weighted by atomic mass is 15.2. The molecule has 2 aliphatic rings. The Kier molecular flexibility index (Phi) is 7.21. The van der Waals surface area contributed by atoms with Crippen LogP contribution in [0.3, 0.4) is 0 Å². The Hall–Kier alpha value is -6.32.